The van der Waals surface area contributed by atoms with Gasteiger partial charge in [0.25, 0.3) is 0 Å². The molecule has 0 radical (unpaired) electrons. The maximum absolute atomic E-state index is 10.8. The molecule has 0 fully saturated rings. The van der Waals surface area contributed by atoms with Crippen molar-refractivity contribution in [1.82, 2.24) is 5.32 Å². The van der Waals surface area contributed by atoms with Crippen LogP contribution in [0.4, 0.5) is 0 Å². The fourth-order valence-electron chi connectivity index (χ4n) is 0.614. The number of carbonyl (C=O) groups is 2. The van der Waals surface area contributed by atoms with E-state index in [1.807, 2.05) is 13.8 Å². The molecule has 0 rings (SSSR count). The largest absolute Gasteiger partial charge is 0.548 e. The lowest BCUT2D eigenvalue weighted by Crippen LogP contribution is -2.37. The van der Waals surface area contributed by atoms with E-state index in [9.17, 15) is 14.7 Å². The highest BCUT2D eigenvalue weighted by molar-refractivity contribution is 5.80. The first-order valence-electron chi connectivity index (χ1n) is 3.49. The van der Waals surface area contributed by atoms with E-state index in [0.29, 0.717) is 6.42 Å². The quantitative estimate of drug-likeness (QED) is 0.564. The summed E-state index contributed by atoms with van der Waals surface area (Å²) in [6.07, 6.45) is 0.354. The van der Waals surface area contributed by atoms with E-state index >= 15 is 0 Å². The molecule has 1 N–H and O–H groups in total. The van der Waals surface area contributed by atoms with Crippen LogP contribution in [0.2, 0.25) is 0 Å². The summed E-state index contributed by atoms with van der Waals surface area (Å²) in [6.45, 7) is 3.38. The molecule has 0 bridgehead atoms. The van der Waals surface area contributed by atoms with Crippen LogP contribution in [0.25, 0.3) is 0 Å². The zero-order valence-corrected chi connectivity index (χ0v) is 6.72. The van der Waals surface area contributed by atoms with Crippen molar-refractivity contribution in [3.8, 4) is 0 Å². The molecule has 0 saturated heterocycles. The first-order chi connectivity index (χ1) is 5.02. The fourth-order valence-corrected chi connectivity index (χ4v) is 0.614. The summed E-state index contributed by atoms with van der Waals surface area (Å²) in [5.41, 5.74) is 0. The lowest BCUT2D eigenvalue weighted by molar-refractivity contribution is -0.304. The van der Waals surface area contributed by atoms with Crippen molar-refractivity contribution in [3.05, 3.63) is 0 Å². The van der Waals surface area contributed by atoms with Crippen molar-refractivity contribution >= 4 is 11.9 Å². The lowest BCUT2D eigenvalue weighted by atomic mass is 10.1. The Balaban J connectivity index is 3.45. The minimum absolute atomic E-state index is 0.246. The lowest BCUT2D eigenvalue weighted by Gasteiger charge is -2.06. The first-order valence-corrected chi connectivity index (χ1v) is 3.49. The highest BCUT2D eigenvalue weighted by Crippen LogP contribution is 1.97. The van der Waals surface area contributed by atoms with E-state index in [4.69, 9.17) is 0 Å². The second kappa shape index (κ2) is 4.71. The van der Waals surface area contributed by atoms with E-state index in [-0.39, 0.29) is 11.8 Å². The van der Waals surface area contributed by atoms with E-state index < -0.39 is 12.5 Å². The van der Waals surface area contributed by atoms with Crippen LogP contribution >= 0.6 is 0 Å². The molecule has 4 nitrogen and oxygen atoms in total. The van der Waals surface area contributed by atoms with Gasteiger partial charge in [-0.25, -0.2) is 0 Å². The number of nitrogens with one attached hydrogen (secondary N) is 1. The number of hydrogen-bond acceptors (Lipinski definition) is 3. The predicted molar refractivity (Wildman–Crippen MR) is 37.5 cm³/mol. The highest BCUT2D eigenvalue weighted by Gasteiger charge is 2.02. The third kappa shape index (κ3) is 6.83. The maximum Gasteiger partial charge on any atom is 0.220 e. The van der Waals surface area contributed by atoms with Crippen molar-refractivity contribution in [2.75, 3.05) is 6.54 Å². The van der Waals surface area contributed by atoms with Crippen molar-refractivity contribution in [1.29, 1.82) is 0 Å². The Morgan fingerprint density at radius 1 is 1.45 bits per heavy atom. The number of amides is 1. The van der Waals surface area contributed by atoms with Crippen LogP contribution in [0.1, 0.15) is 20.3 Å². The Morgan fingerprint density at radius 2 is 2.00 bits per heavy atom. The van der Waals surface area contributed by atoms with Gasteiger partial charge in [0.1, 0.15) is 0 Å². The number of aliphatic carboxylic acids is 1. The topological polar surface area (TPSA) is 69.2 Å². The Bertz CT molecular complexity index is 154. The Hall–Kier alpha value is -1.06. The van der Waals surface area contributed by atoms with Crippen LogP contribution in [0.15, 0.2) is 0 Å². The molecule has 0 aliphatic heterocycles. The Kier molecular flexibility index (Phi) is 4.26. The molecule has 1 amide bonds. The molecule has 0 saturated carbocycles. The van der Waals surface area contributed by atoms with Gasteiger partial charge in [0.15, 0.2) is 0 Å². The van der Waals surface area contributed by atoms with E-state index in [1.54, 1.807) is 0 Å². The van der Waals surface area contributed by atoms with Gasteiger partial charge in [-0.15, -0.1) is 0 Å². The maximum atomic E-state index is 10.8. The molecule has 0 atom stereocenters. The minimum atomic E-state index is -1.26. The molecule has 0 spiro atoms. The van der Waals surface area contributed by atoms with Gasteiger partial charge in [-0.3, -0.25) is 4.79 Å². The molecule has 4 heteroatoms. The van der Waals surface area contributed by atoms with Gasteiger partial charge in [0, 0.05) is 6.42 Å². The van der Waals surface area contributed by atoms with Gasteiger partial charge in [-0.05, 0) is 5.92 Å². The van der Waals surface area contributed by atoms with E-state index in [0.717, 1.165) is 0 Å². The number of rotatable bonds is 4. The average Bonchev–Trinajstić information content (AvgIpc) is 1.82. The van der Waals surface area contributed by atoms with Crippen LogP contribution in [0.3, 0.4) is 0 Å². The van der Waals surface area contributed by atoms with E-state index in [1.165, 1.54) is 0 Å². The van der Waals surface area contributed by atoms with Crippen LogP contribution in [-0.2, 0) is 9.59 Å². The zero-order chi connectivity index (χ0) is 8.85. The number of carboxylic acid groups (broad SMARTS) is 1. The summed E-state index contributed by atoms with van der Waals surface area (Å²) in [7, 11) is 0. The number of carboxylic acids is 1. The molecule has 0 aromatic rings. The Labute approximate surface area is 65.6 Å². The molecule has 0 unspecified atom stereocenters. The van der Waals surface area contributed by atoms with E-state index in [2.05, 4.69) is 5.32 Å². The fraction of sp³-hybridized carbons (Fsp3) is 0.714. The van der Waals surface area contributed by atoms with Gasteiger partial charge in [-0.1, -0.05) is 13.8 Å². The molecule has 0 aromatic carbocycles. The summed E-state index contributed by atoms with van der Waals surface area (Å²) in [5.74, 6) is -1.26. The smallest absolute Gasteiger partial charge is 0.220 e. The molecule has 0 heterocycles. The van der Waals surface area contributed by atoms with Crippen molar-refractivity contribution in [3.63, 3.8) is 0 Å². The summed E-state index contributed by atoms with van der Waals surface area (Å²) >= 11 is 0. The molecule has 11 heavy (non-hydrogen) atoms. The average molecular weight is 158 g/mol. The van der Waals surface area contributed by atoms with Crippen molar-refractivity contribution < 1.29 is 14.7 Å². The summed E-state index contributed by atoms with van der Waals surface area (Å²) in [5, 5.41) is 12.1. The number of hydrogen-bond donors (Lipinski definition) is 1. The molecule has 64 valence electrons. The zero-order valence-electron chi connectivity index (χ0n) is 6.72. The van der Waals surface area contributed by atoms with Crippen LogP contribution in [0, 0.1) is 5.92 Å². The standard InChI is InChI=1S/C7H13NO3/c1-5(2)3-6(9)8-4-7(10)11/h5H,3-4H2,1-2H3,(H,8,9)(H,10,11)/p-1. The van der Waals surface area contributed by atoms with Gasteiger partial charge in [-0.2, -0.15) is 0 Å². The van der Waals surface area contributed by atoms with Gasteiger partial charge >= 0.3 is 0 Å². The normalized spacial score (nSPS) is 9.73. The summed E-state index contributed by atoms with van der Waals surface area (Å²) < 4.78 is 0. The third-order valence-corrected chi connectivity index (χ3v) is 1.02. The van der Waals surface area contributed by atoms with Gasteiger partial charge < -0.3 is 15.2 Å². The summed E-state index contributed by atoms with van der Waals surface area (Å²) in [4.78, 5) is 20.6. The SMILES string of the molecule is CC(C)CC(=O)NCC(=O)[O-]. The summed E-state index contributed by atoms with van der Waals surface area (Å²) in [6, 6.07) is 0. The first kappa shape index (κ1) is 9.94. The molecular formula is C7H12NO3-. The van der Waals surface area contributed by atoms with Crippen molar-refractivity contribution in [2.45, 2.75) is 20.3 Å². The highest BCUT2D eigenvalue weighted by atomic mass is 16.4. The number of carbonyl (C=O) groups excluding carboxylic acids is 2. The molecule has 0 aromatic heterocycles. The molecular weight excluding hydrogens is 146 g/mol. The third-order valence-electron chi connectivity index (χ3n) is 1.02. The minimum Gasteiger partial charge on any atom is -0.548 e. The Morgan fingerprint density at radius 3 is 2.36 bits per heavy atom. The molecule has 0 aliphatic carbocycles. The van der Waals surface area contributed by atoms with Crippen molar-refractivity contribution in [2.24, 2.45) is 5.92 Å². The molecule has 0 aliphatic rings. The predicted octanol–water partition coefficient (Wildman–Crippen LogP) is -1.10. The second-order valence-electron chi connectivity index (χ2n) is 2.75. The van der Waals surface area contributed by atoms with Crippen LogP contribution < -0.4 is 10.4 Å². The monoisotopic (exact) mass is 158 g/mol. The van der Waals surface area contributed by atoms with Gasteiger partial charge in [0.2, 0.25) is 5.91 Å². The van der Waals surface area contributed by atoms with Crippen LogP contribution in [-0.4, -0.2) is 18.4 Å². The van der Waals surface area contributed by atoms with Crippen LogP contribution in [0.5, 0.6) is 0 Å². The second-order valence-corrected chi connectivity index (χ2v) is 2.75. The van der Waals surface area contributed by atoms with Gasteiger partial charge in [0.05, 0.1) is 12.5 Å².